The van der Waals surface area contributed by atoms with E-state index in [1.807, 2.05) is 30.3 Å². The molecule has 3 rings (SSSR count). The van der Waals surface area contributed by atoms with Crippen molar-refractivity contribution in [1.29, 1.82) is 0 Å². The Balaban J connectivity index is 2.59. The molecule has 2 aromatic carbocycles. The highest BCUT2D eigenvalue weighted by atomic mass is 16.1. The molecule has 0 N–H and O–H groups in total. The third-order valence-corrected chi connectivity index (χ3v) is 2.97. The molecule has 2 aromatic rings. The van der Waals surface area contributed by atoms with E-state index in [4.69, 9.17) is 0 Å². The third-order valence-electron chi connectivity index (χ3n) is 2.97. The van der Waals surface area contributed by atoms with E-state index >= 15 is 0 Å². The molecule has 0 unspecified atom stereocenters. The van der Waals surface area contributed by atoms with Gasteiger partial charge in [0.2, 0.25) is 0 Å². The number of allylic oxidation sites excluding steroid dienone is 1. The first kappa shape index (κ1) is 8.42. The minimum Gasteiger partial charge on any atom is -0.289 e. The lowest BCUT2D eigenvalue weighted by atomic mass is 9.90. The minimum atomic E-state index is 0.110. The number of aryl methyl sites for hydroxylation is 1. The Labute approximate surface area is 88.0 Å². The summed E-state index contributed by atoms with van der Waals surface area (Å²) < 4.78 is 0. The van der Waals surface area contributed by atoms with E-state index in [2.05, 4.69) is 13.0 Å². The van der Waals surface area contributed by atoms with E-state index in [1.54, 1.807) is 6.08 Å². The summed E-state index contributed by atoms with van der Waals surface area (Å²) in [5.41, 5.74) is 3.19. The molecule has 1 aliphatic rings. The fourth-order valence-electron chi connectivity index (χ4n) is 2.18. The second kappa shape index (κ2) is 2.80. The molecule has 0 radical (unpaired) electrons. The number of hydrogen-bond donors (Lipinski definition) is 0. The summed E-state index contributed by atoms with van der Waals surface area (Å²) in [4.78, 5) is 11.7. The van der Waals surface area contributed by atoms with Gasteiger partial charge in [-0.3, -0.25) is 4.79 Å². The zero-order chi connectivity index (χ0) is 10.4. The van der Waals surface area contributed by atoms with Gasteiger partial charge in [0, 0.05) is 10.9 Å². The number of carbonyl (C=O) groups is 1. The van der Waals surface area contributed by atoms with Crippen LogP contribution in [0, 0.1) is 6.92 Å². The van der Waals surface area contributed by atoms with E-state index in [-0.39, 0.29) is 5.78 Å². The first-order chi connectivity index (χ1) is 7.27. The molecule has 0 amide bonds. The van der Waals surface area contributed by atoms with Crippen LogP contribution in [0.25, 0.3) is 16.8 Å². The fourth-order valence-corrected chi connectivity index (χ4v) is 2.18. The van der Waals surface area contributed by atoms with Crippen molar-refractivity contribution >= 4 is 22.6 Å². The van der Waals surface area contributed by atoms with Crippen LogP contribution in [0.1, 0.15) is 21.5 Å². The summed E-state index contributed by atoms with van der Waals surface area (Å²) in [5.74, 6) is 0.110. The summed E-state index contributed by atoms with van der Waals surface area (Å²) in [6.45, 7) is 2.08. The van der Waals surface area contributed by atoms with Gasteiger partial charge in [-0.1, -0.05) is 36.4 Å². The van der Waals surface area contributed by atoms with Gasteiger partial charge in [-0.25, -0.2) is 0 Å². The van der Waals surface area contributed by atoms with Crippen molar-refractivity contribution in [3.63, 3.8) is 0 Å². The molecule has 0 spiro atoms. The van der Waals surface area contributed by atoms with Gasteiger partial charge in [-0.15, -0.1) is 0 Å². The number of carbonyl (C=O) groups excluding carboxylic acids is 1. The van der Waals surface area contributed by atoms with Crippen molar-refractivity contribution in [2.75, 3.05) is 0 Å². The third kappa shape index (κ3) is 1.06. The number of ketones is 1. The van der Waals surface area contributed by atoms with E-state index in [0.29, 0.717) is 0 Å². The van der Waals surface area contributed by atoms with Crippen LogP contribution < -0.4 is 0 Å². The number of rotatable bonds is 0. The maximum absolute atomic E-state index is 11.7. The Morgan fingerprint density at radius 1 is 1.00 bits per heavy atom. The van der Waals surface area contributed by atoms with Crippen molar-refractivity contribution in [2.24, 2.45) is 0 Å². The standard InChI is InChI=1S/C14H10O/c1-9-5-7-12-13(15)8-6-10-3-2-4-11(9)14(10)12/h2-8H,1H3. The molecule has 0 saturated carbocycles. The topological polar surface area (TPSA) is 17.1 Å². The molecule has 72 valence electrons. The first-order valence-corrected chi connectivity index (χ1v) is 5.02. The molecule has 0 heterocycles. The van der Waals surface area contributed by atoms with Gasteiger partial charge in [-0.05, 0) is 29.5 Å². The van der Waals surface area contributed by atoms with Gasteiger partial charge in [0.05, 0.1) is 0 Å². The summed E-state index contributed by atoms with van der Waals surface area (Å²) in [5, 5.41) is 2.28. The largest absolute Gasteiger partial charge is 0.289 e. The molecular formula is C14H10O. The Kier molecular flexibility index (Phi) is 1.57. The van der Waals surface area contributed by atoms with Crippen molar-refractivity contribution in [3.8, 4) is 0 Å². The SMILES string of the molecule is Cc1ccc2c3c(cccc13)C=CC2=O. The Morgan fingerprint density at radius 2 is 1.87 bits per heavy atom. The van der Waals surface area contributed by atoms with E-state index < -0.39 is 0 Å². The van der Waals surface area contributed by atoms with Crippen LogP contribution in [0.2, 0.25) is 0 Å². The zero-order valence-electron chi connectivity index (χ0n) is 8.45. The number of benzene rings is 2. The van der Waals surface area contributed by atoms with Gasteiger partial charge in [0.15, 0.2) is 5.78 Å². The lowest BCUT2D eigenvalue weighted by Crippen LogP contribution is -2.01. The van der Waals surface area contributed by atoms with Crippen LogP contribution in [-0.4, -0.2) is 5.78 Å². The van der Waals surface area contributed by atoms with E-state index in [1.165, 1.54) is 10.9 Å². The summed E-state index contributed by atoms with van der Waals surface area (Å²) in [6.07, 6.45) is 3.55. The van der Waals surface area contributed by atoms with Crippen molar-refractivity contribution in [2.45, 2.75) is 6.92 Å². The lowest BCUT2D eigenvalue weighted by molar-refractivity contribution is 0.104. The molecule has 0 atom stereocenters. The molecule has 0 bridgehead atoms. The highest BCUT2D eigenvalue weighted by molar-refractivity contribution is 6.20. The van der Waals surface area contributed by atoms with E-state index in [0.717, 1.165) is 16.5 Å². The summed E-state index contributed by atoms with van der Waals surface area (Å²) in [6, 6.07) is 10.1. The smallest absolute Gasteiger partial charge is 0.186 e. The highest BCUT2D eigenvalue weighted by Crippen LogP contribution is 2.30. The van der Waals surface area contributed by atoms with Gasteiger partial charge in [-0.2, -0.15) is 0 Å². The molecule has 0 aliphatic heterocycles. The zero-order valence-corrected chi connectivity index (χ0v) is 8.45. The fraction of sp³-hybridized carbons (Fsp3) is 0.0714. The molecule has 0 fully saturated rings. The molecule has 0 saturated heterocycles. The Bertz CT molecular complexity index is 606. The van der Waals surface area contributed by atoms with Crippen LogP contribution in [0.5, 0.6) is 0 Å². The van der Waals surface area contributed by atoms with E-state index in [9.17, 15) is 4.79 Å². The molecule has 1 heteroatoms. The highest BCUT2D eigenvalue weighted by Gasteiger charge is 2.14. The van der Waals surface area contributed by atoms with Gasteiger partial charge < -0.3 is 0 Å². The quantitative estimate of drug-likeness (QED) is 0.628. The molecular weight excluding hydrogens is 184 g/mol. The predicted molar refractivity (Wildman–Crippen MR) is 62.0 cm³/mol. The molecule has 1 aliphatic carbocycles. The first-order valence-electron chi connectivity index (χ1n) is 5.02. The van der Waals surface area contributed by atoms with Gasteiger partial charge >= 0.3 is 0 Å². The average Bonchev–Trinajstić information content (AvgIpc) is 2.26. The monoisotopic (exact) mass is 194 g/mol. The van der Waals surface area contributed by atoms with Crippen LogP contribution in [0.15, 0.2) is 36.4 Å². The van der Waals surface area contributed by atoms with Gasteiger partial charge in [0.25, 0.3) is 0 Å². The van der Waals surface area contributed by atoms with Crippen molar-refractivity contribution < 1.29 is 4.79 Å². The Morgan fingerprint density at radius 3 is 2.73 bits per heavy atom. The van der Waals surface area contributed by atoms with Crippen LogP contribution >= 0.6 is 0 Å². The van der Waals surface area contributed by atoms with Crippen molar-refractivity contribution in [3.05, 3.63) is 53.1 Å². The van der Waals surface area contributed by atoms with Crippen LogP contribution in [-0.2, 0) is 0 Å². The van der Waals surface area contributed by atoms with Crippen LogP contribution in [0.4, 0.5) is 0 Å². The molecule has 1 nitrogen and oxygen atoms in total. The molecule has 15 heavy (non-hydrogen) atoms. The summed E-state index contributed by atoms with van der Waals surface area (Å²) in [7, 11) is 0. The predicted octanol–water partition coefficient (Wildman–Crippen LogP) is 3.36. The maximum atomic E-state index is 11.7. The molecule has 0 aromatic heterocycles. The minimum absolute atomic E-state index is 0.110. The average molecular weight is 194 g/mol. The van der Waals surface area contributed by atoms with Crippen LogP contribution in [0.3, 0.4) is 0 Å². The summed E-state index contributed by atoms with van der Waals surface area (Å²) >= 11 is 0. The normalized spacial score (nSPS) is 13.5. The second-order valence-electron chi connectivity index (χ2n) is 3.90. The Hall–Kier alpha value is -1.89. The van der Waals surface area contributed by atoms with Gasteiger partial charge in [0.1, 0.15) is 0 Å². The number of hydrogen-bond acceptors (Lipinski definition) is 1. The maximum Gasteiger partial charge on any atom is 0.186 e. The second-order valence-corrected chi connectivity index (χ2v) is 3.90. The lowest BCUT2D eigenvalue weighted by Gasteiger charge is -2.12. The van der Waals surface area contributed by atoms with Crippen molar-refractivity contribution in [1.82, 2.24) is 0 Å².